The molecule has 0 saturated carbocycles. The molecule has 0 heterocycles. The lowest BCUT2D eigenvalue weighted by Crippen LogP contribution is -2.41. The number of carbonyl (C=O) groups excluding carboxylic acids is 1. The summed E-state index contributed by atoms with van der Waals surface area (Å²) in [7, 11) is -1.47. The second kappa shape index (κ2) is 11.4. The van der Waals surface area contributed by atoms with Gasteiger partial charge in [0.25, 0.3) is 5.69 Å². The van der Waals surface area contributed by atoms with Gasteiger partial charge in [-0.2, -0.15) is 0 Å². The first-order chi connectivity index (χ1) is 16.1. The third-order valence-electron chi connectivity index (χ3n) is 5.86. The van der Waals surface area contributed by atoms with Gasteiger partial charge in [-0.05, 0) is 50.8 Å². The van der Waals surface area contributed by atoms with Crippen LogP contribution in [0.3, 0.4) is 0 Å². The molecule has 0 bridgehead atoms. The highest BCUT2D eigenvalue weighted by Gasteiger charge is 2.34. The zero-order valence-corrected chi connectivity index (χ0v) is 23.1. The van der Waals surface area contributed by atoms with Gasteiger partial charge in [0.15, 0.2) is 0 Å². The van der Waals surface area contributed by atoms with Crippen LogP contribution in [0.4, 0.5) is 10.5 Å². The van der Waals surface area contributed by atoms with Crippen molar-refractivity contribution < 1.29 is 18.6 Å². The minimum absolute atomic E-state index is 0.0441. The Labute approximate surface area is 211 Å². The maximum atomic E-state index is 13.2. The van der Waals surface area contributed by atoms with Crippen LogP contribution in [-0.2, 0) is 15.3 Å². The summed E-state index contributed by atoms with van der Waals surface area (Å²) in [5.74, 6) is 0. The van der Waals surface area contributed by atoms with Gasteiger partial charge < -0.3 is 13.8 Å². The van der Waals surface area contributed by atoms with Crippen molar-refractivity contribution in [3.63, 3.8) is 0 Å². The fourth-order valence-corrected chi connectivity index (χ4v) is 4.17. The van der Waals surface area contributed by atoms with Crippen LogP contribution in [-0.4, -0.2) is 51.9 Å². The third kappa shape index (κ3) is 8.85. The highest BCUT2D eigenvalue weighted by molar-refractivity contribution is 8.29. The number of nitrogens with zero attached hydrogens (tertiary/aromatic N) is 2. The van der Waals surface area contributed by atoms with Crippen molar-refractivity contribution in [3.05, 3.63) is 75.8 Å². The molecule has 0 aliphatic rings. The smallest absolute Gasteiger partial charge is 0.410 e. The second-order valence-electron chi connectivity index (χ2n) is 10.9. The molecule has 2 aromatic carbocycles. The molecule has 0 aliphatic carbocycles. The second-order valence-corrected chi connectivity index (χ2v) is 14.8. The summed E-state index contributed by atoms with van der Waals surface area (Å²) >= 11 is 0. The molecule has 0 spiro atoms. The molecule has 0 saturated heterocycles. The van der Waals surface area contributed by atoms with Crippen LogP contribution in [0.2, 0.25) is 0 Å². The summed E-state index contributed by atoms with van der Waals surface area (Å²) in [4.78, 5) is 25.4. The van der Waals surface area contributed by atoms with Gasteiger partial charge in [0.1, 0.15) is 11.7 Å². The normalized spacial score (nSPS) is 13.7. The molecule has 2 aromatic rings. The Morgan fingerprint density at radius 2 is 1.57 bits per heavy atom. The van der Waals surface area contributed by atoms with Crippen molar-refractivity contribution in [2.45, 2.75) is 64.4 Å². The van der Waals surface area contributed by atoms with Crippen LogP contribution >= 0.6 is 10.3 Å². The van der Waals surface area contributed by atoms with Crippen LogP contribution in [0.5, 0.6) is 0 Å². The molecule has 1 atom stereocenters. The van der Waals surface area contributed by atoms with E-state index in [1.54, 1.807) is 17.0 Å². The molecular formula is C27H40N2O5S. The average Bonchev–Trinajstić information content (AvgIpc) is 2.74. The minimum atomic E-state index is -1.47. The maximum Gasteiger partial charge on any atom is 0.410 e. The van der Waals surface area contributed by atoms with E-state index >= 15 is 0 Å². The molecule has 7 nitrogen and oxygen atoms in total. The largest absolute Gasteiger partial charge is 0.444 e. The average molecular weight is 505 g/mol. The minimum Gasteiger partial charge on any atom is -0.444 e. The fourth-order valence-electron chi connectivity index (χ4n) is 3.13. The van der Waals surface area contributed by atoms with Gasteiger partial charge in [-0.3, -0.25) is 10.1 Å². The Balaban J connectivity index is 2.32. The third-order valence-corrected chi connectivity index (χ3v) is 9.52. The monoisotopic (exact) mass is 504 g/mol. The van der Waals surface area contributed by atoms with Gasteiger partial charge in [-0.1, -0.05) is 63.2 Å². The van der Waals surface area contributed by atoms with E-state index in [4.69, 9.17) is 8.92 Å². The molecule has 0 fully saturated rings. The number of hydrogen-bond acceptors (Lipinski definition) is 5. The van der Waals surface area contributed by atoms with Gasteiger partial charge in [0, 0.05) is 23.4 Å². The summed E-state index contributed by atoms with van der Waals surface area (Å²) in [6.45, 7) is 12.8. The Morgan fingerprint density at radius 3 is 2.06 bits per heavy atom. The van der Waals surface area contributed by atoms with Crippen molar-refractivity contribution >= 4 is 22.1 Å². The number of amides is 1. The standard InChI is InChI=1S/C27H40N2O5S/c1-26(2,3)33-25(30)28(19-18-21-14-16-23(17-15-21)29(31)32)20-24(22-12-10-9-11-13-22)34-35(7,8)27(4,5)6/h9-17,24H,18-20H2,1-8H3/t24-/m0/s1. The van der Waals surface area contributed by atoms with E-state index in [9.17, 15) is 14.9 Å². The summed E-state index contributed by atoms with van der Waals surface area (Å²) in [5, 5.41) is 11.0. The van der Waals surface area contributed by atoms with E-state index in [1.165, 1.54) is 12.1 Å². The van der Waals surface area contributed by atoms with Crippen LogP contribution in [0, 0.1) is 10.1 Å². The van der Waals surface area contributed by atoms with Crippen LogP contribution in [0.1, 0.15) is 58.8 Å². The van der Waals surface area contributed by atoms with Crippen molar-refractivity contribution in [2.75, 3.05) is 25.6 Å². The molecular weight excluding hydrogens is 464 g/mol. The predicted molar refractivity (Wildman–Crippen MR) is 144 cm³/mol. The van der Waals surface area contributed by atoms with Gasteiger partial charge >= 0.3 is 6.09 Å². The lowest BCUT2D eigenvalue weighted by molar-refractivity contribution is -0.384. The SMILES string of the molecule is CC(C)(C)OC(=O)N(CCc1ccc([N+](=O)[O-])cc1)C[C@H](OS(C)(C)C(C)(C)C)c1ccccc1. The first kappa shape index (κ1) is 28.7. The van der Waals surface area contributed by atoms with Gasteiger partial charge in [0.2, 0.25) is 0 Å². The van der Waals surface area contributed by atoms with Gasteiger partial charge in [-0.15, -0.1) is 10.3 Å². The number of nitro benzene ring substituents is 1. The van der Waals surface area contributed by atoms with Crippen LogP contribution < -0.4 is 0 Å². The summed E-state index contributed by atoms with van der Waals surface area (Å²) < 4.78 is 12.4. The molecule has 0 N–H and O–H groups in total. The maximum absolute atomic E-state index is 13.2. The first-order valence-corrected chi connectivity index (χ1v) is 14.1. The van der Waals surface area contributed by atoms with E-state index in [-0.39, 0.29) is 16.5 Å². The zero-order chi connectivity index (χ0) is 26.4. The predicted octanol–water partition coefficient (Wildman–Crippen LogP) is 6.91. The van der Waals surface area contributed by atoms with Gasteiger partial charge in [0.05, 0.1) is 11.5 Å². The molecule has 2 rings (SSSR count). The molecule has 194 valence electrons. The quantitative estimate of drug-likeness (QED) is 0.274. The Hall–Kier alpha value is -2.58. The van der Waals surface area contributed by atoms with Crippen LogP contribution in [0.25, 0.3) is 0 Å². The number of hydrogen-bond donors (Lipinski definition) is 0. The van der Waals surface area contributed by atoms with E-state index in [2.05, 4.69) is 33.3 Å². The number of ether oxygens (including phenoxy) is 1. The molecule has 0 aliphatic heterocycles. The topological polar surface area (TPSA) is 81.9 Å². The van der Waals surface area contributed by atoms with E-state index in [1.807, 2.05) is 51.1 Å². The molecule has 0 unspecified atom stereocenters. The van der Waals surface area contributed by atoms with E-state index in [0.717, 1.165) is 11.1 Å². The fraction of sp³-hybridized carbons (Fsp3) is 0.519. The number of benzene rings is 2. The lowest BCUT2D eigenvalue weighted by Gasteiger charge is -2.46. The van der Waals surface area contributed by atoms with Crippen molar-refractivity contribution in [1.29, 1.82) is 0 Å². The summed E-state index contributed by atoms with van der Waals surface area (Å²) in [6.07, 6.45) is 4.10. The summed E-state index contributed by atoms with van der Waals surface area (Å²) in [5.41, 5.74) is 1.31. The Morgan fingerprint density at radius 1 is 1.00 bits per heavy atom. The number of rotatable bonds is 9. The Kier molecular flexibility index (Phi) is 9.36. The van der Waals surface area contributed by atoms with Crippen molar-refractivity contribution in [2.24, 2.45) is 0 Å². The highest BCUT2D eigenvalue weighted by Crippen LogP contribution is 2.56. The Bertz CT molecular complexity index is 979. The molecule has 0 radical (unpaired) electrons. The number of nitro groups is 1. The number of non-ortho nitro benzene ring substituents is 1. The summed E-state index contributed by atoms with van der Waals surface area (Å²) in [6, 6.07) is 16.4. The molecule has 35 heavy (non-hydrogen) atoms. The van der Waals surface area contributed by atoms with Crippen LogP contribution in [0.15, 0.2) is 54.6 Å². The van der Waals surface area contributed by atoms with Crippen molar-refractivity contribution in [1.82, 2.24) is 4.90 Å². The first-order valence-electron chi connectivity index (χ1n) is 11.8. The molecule has 1 amide bonds. The zero-order valence-electron chi connectivity index (χ0n) is 22.2. The molecule has 8 heteroatoms. The lowest BCUT2D eigenvalue weighted by atomic mass is 10.1. The van der Waals surface area contributed by atoms with Crippen molar-refractivity contribution in [3.8, 4) is 0 Å². The van der Waals surface area contributed by atoms with E-state index < -0.39 is 26.9 Å². The van der Waals surface area contributed by atoms with E-state index in [0.29, 0.717) is 19.5 Å². The molecule has 0 aromatic heterocycles. The van der Waals surface area contributed by atoms with Gasteiger partial charge in [-0.25, -0.2) is 4.79 Å². The highest BCUT2D eigenvalue weighted by atomic mass is 32.3. The number of carbonyl (C=O) groups is 1.